The van der Waals surface area contributed by atoms with Crippen molar-refractivity contribution in [3.05, 3.63) is 30.8 Å². The number of hydrogen-bond acceptors (Lipinski definition) is 4. The third-order valence-corrected chi connectivity index (χ3v) is 2.46. The molecule has 4 heteroatoms. The quantitative estimate of drug-likeness (QED) is 0.736. The molecule has 1 aliphatic rings. The van der Waals surface area contributed by atoms with E-state index in [1.165, 1.54) is 6.39 Å². The number of hydrogen-bond donors (Lipinski definition) is 0. The van der Waals surface area contributed by atoms with Crippen LogP contribution in [0.5, 0.6) is 11.5 Å². The molecule has 4 nitrogen and oxygen atoms in total. The minimum atomic E-state index is 0.687. The van der Waals surface area contributed by atoms with Gasteiger partial charge in [-0.1, -0.05) is 0 Å². The summed E-state index contributed by atoms with van der Waals surface area (Å²) in [5.41, 5.74) is 0.946. The third-order valence-electron chi connectivity index (χ3n) is 2.46. The number of aromatic nitrogens is 1. The maximum Gasteiger partial charge on any atom is 0.181 e. The highest BCUT2D eigenvalue weighted by atomic mass is 16.5. The van der Waals surface area contributed by atoms with Crippen molar-refractivity contribution in [3.8, 4) is 22.8 Å². The number of oxazole rings is 1. The Morgan fingerprint density at radius 3 is 2.75 bits per heavy atom. The summed E-state index contributed by atoms with van der Waals surface area (Å²) in [6.45, 7) is 1.39. The fourth-order valence-electron chi connectivity index (χ4n) is 1.67. The topological polar surface area (TPSA) is 44.5 Å². The van der Waals surface area contributed by atoms with Gasteiger partial charge in [0.05, 0.1) is 19.4 Å². The van der Waals surface area contributed by atoms with E-state index >= 15 is 0 Å². The molecule has 0 unspecified atom stereocenters. The number of nitrogens with zero attached hydrogens (tertiary/aromatic N) is 1. The molecule has 1 aliphatic heterocycles. The van der Waals surface area contributed by atoms with Crippen molar-refractivity contribution in [2.75, 3.05) is 13.2 Å². The lowest BCUT2D eigenvalue weighted by Gasteiger charge is -2.07. The maximum absolute atomic E-state index is 5.60. The molecular formula is C12H11NO3. The Bertz CT molecular complexity index is 479. The van der Waals surface area contributed by atoms with Crippen LogP contribution in [0.1, 0.15) is 6.42 Å². The molecule has 1 aromatic heterocycles. The normalized spacial score (nSPS) is 14.5. The van der Waals surface area contributed by atoms with Crippen LogP contribution in [0.4, 0.5) is 0 Å². The molecule has 0 saturated heterocycles. The zero-order valence-electron chi connectivity index (χ0n) is 8.68. The third kappa shape index (κ3) is 1.62. The van der Waals surface area contributed by atoms with E-state index in [4.69, 9.17) is 13.9 Å². The molecule has 82 valence electrons. The van der Waals surface area contributed by atoms with Crippen LogP contribution in [0, 0.1) is 0 Å². The van der Waals surface area contributed by atoms with Gasteiger partial charge in [-0.15, -0.1) is 0 Å². The molecule has 16 heavy (non-hydrogen) atoms. The van der Waals surface area contributed by atoms with E-state index in [0.717, 1.165) is 29.2 Å². The summed E-state index contributed by atoms with van der Waals surface area (Å²) in [6.07, 6.45) is 4.00. The SMILES string of the molecule is c1ncc(-c2ccc3c(c2)OCCCO3)o1. The molecule has 0 aliphatic carbocycles. The smallest absolute Gasteiger partial charge is 0.181 e. The molecule has 0 atom stereocenters. The second kappa shape index (κ2) is 3.89. The second-order valence-electron chi connectivity index (χ2n) is 3.58. The Morgan fingerprint density at radius 1 is 1.06 bits per heavy atom. The van der Waals surface area contributed by atoms with Gasteiger partial charge in [0.25, 0.3) is 0 Å². The molecule has 0 saturated carbocycles. The van der Waals surface area contributed by atoms with Crippen LogP contribution in [0.15, 0.2) is 35.2 Å². The monoisotopic (exact) mass is 217 g/mol. The van der Waals surface area contributed by atoms with E-state index < -0.39 is 0 Å². The van der Waals surface area contributed by atoms with Crippen LogP contribution in [-0.4, -0.2) is 18.2 Å². The van der Waals surface area contributed by atoms with Gasteiger partial charge in [-0.25, -0.2) is 4.98 Å². The van der Waals surface area contributed by atoms with E-state index in [1.807, 2.05) is 18.2 Å². The predicted molar refractivity (Wildman–Crippen MR) is 57.5 cm³/mol. The summed E-state index contributed by atoms with van der Waals surface area (Å²) < 4.78 is 16.4. The first kappa shape index (κ1) is 9.27. The lowest BCUT2D eigenvalue weighted by Crippen LogP contribution is -1.97. The maximum atomic E-state index is 5.60. The van der Waals surface area contributed by atoms with Gasteiger partial charge in [-0.3, -0.25) is 0 Å². The van der Waals surface area contributed by atoms with Gasteiger partial charge >= 0.3 is 0 Å². The van der Waals surface area contributed by atoms with Crippen LogP contribution >= 0.6 is 0 Å². The summed E-state index contributed by atoms with van der Waals surface area (Å²) in [6, 6.07) is 5.76. The zero-order chi connectivity index (χ0) is 10.8. The molecule has 2 aromatic rings. The van der Waals surface area contributed by atoms with Gasteiger partial charge in [0.15, 0.2) is 23.7 Å². The van der Waals surface area contributed by atoms with Crippen molar-refractivity contribution in [1.29, 1.82) is 0 Å². The Labute approximate surface area is 92.8 Å². The molecule has 0 fully saturated rings. The minimum absolute atomic E-state index is 0.687. The van der Waals surface area contributed by atoms with Gasteiger partial charge in [0, 0.05) is 12.0 Å². The Kier molecular flexibility index (Phi) is 2.25. The molecule has 0 amide bonds. The van der Waals surface area contributed by atoms with Crippen molar-refractivity contribution < 1.29 is 13.9 Å². The fourth-order valence-corrected chi connectivity index (χ4v) is 1.67. The molecule has 0 bridgehead atoms. The van der Waals surface area contributed by atoms with Gasteiger partial charge in [-0.2, -0.15) is 0 Å². The first-order valence-corrected chi connectivity index (χ1v) is 5.22. The number of fused-ring (bicyclic) bond motifs is 1. The second-order valence-corrected chi connectivity index (χ2v) is 3.58. The van der Waals surface area contributed by atoms with Crippen molar-refractivity contribution in [1.82, 2.24) is 4.98 Å². The Morgan fingerprint density at radius 2 is 1.94 bits per heavy atom. The van der Waals surface area contributed by atoms with E-state index in [2.05, 4.69) is 4.98 Å². The Balaban J connectivity index is 2.01. The van der Waals surface area contributed by atoms with Gasteiger partial charge in [0.1, 0.15) is 0 Å². The number of rotatable bonds is 1. The first-order chi connectivity index (χ1) is 7.93. The van der Waals surface area contributed by atoms with Crippen LogP contribution in [-0.2, 0) is 0 Å². The average molecular weight is 217 g/mol. The minimum Gasteiger partial charge on any atom is -0.490 e. The predicted octanol–water partition coefficient (Wildman–Crippen LogP) is 2.50. The molecule has 1 aromatic carbocycles. The number of ether oxygens (including phenoxy) is 2. The summed E-state index contributed by atoms with van der Waals surface area (Å²) in [7, 11) is 0. The molecule has 0 radical (unpaired) electrons. The summed E-state index contributed by atoms with van der Waals surface area (Å²) in [4.78, 5) is 3.89. The van der Waals surface area contributed by atoms with Crippen molar-refractivity contribution >= 4 is 0 Å². The van der Waals surface area contributed by atoms with Gasteiger partial charge in [0.2, 0.25) is 0 Å². The number of benzene rings is 1. The highest BCUT2D eigenvalue weighted by molar-refractivity contribution is 5.61. The molecule has 3 rings (SSSR count). The van der Waals surface area contributed by atoms with Gasteiger partial charge in [-0.05, 0) is 18.2 Å². The molecule has 2 heterocycles. The van der Waals surface area contributed by atoms with Crippen LogP contribution in [0.25, 0.3) is 11.3 Å². The van der Waals surface area contributed by atoms with Crippen molar-refractivity contribution in [3.63, 3.8) is 0 Å². The largest absolute Gasteiger partial charge is 0.490 e. The van der Waals surface area contributed by atoms with Crippen molar-refractivity contribution in [2.45, 2.75) is 6.42 Å². The zero-order valence-corrected chi connectivity index (χ0v) is 8.68. The van der Waals surface area contributed by atoms with Crippen molar-refractivity contribution in [2.24, 2.45) is 0 Å². The summed E-state index contributed by atoms with van der Waals surface area (Å²) in [5, 5.41) is 0. The van der Waals surface area contributed by atoms with E-state index in [0.29, 0.717) is 13.2 Å². The Hall–Kier alpha value is -1.97. The van der Waals surface area contributed by atoms with Crippen LogP contribution < -0.4 is 9.47 Å². The lowest BCUT2D eigenvalue weighted by atomic mass is 10.1. The van der Waals surface area contributed by atoms with Gasteiger partial charge < -0.3 is 13.9 Å². The lowest BCUT2D eigenvalue weighted by molar-refractivity contribution is 0.297. The van der Waals surface area contributed by atoms with E-state index in [9.17, 15) is 0 Å². The standard InChI is InChI=1S/C12H11NO3/c1-4-14-10-3-2-9(6-11(10)15-5-1)12-7-13-8-16-12/h2-3,6-8H,1,4-5H2. The first-order valence-electron chi connectivity index (χ1n) is 5.22. The fraction of sp³-hybridized carbons (Fsp3) is 0.250. The summed E-state index contributed by atoms with van der Waals surface area (Å²) >= 11 is 0. The molecule has 0 spiro atoms. The summed E-state index contributed by atoms with van der Waals surface area (Å²) in [5.74, 6) is 2.29. The van der Waals surface area contributed by atoms with E-state index in [1.54, 1.807) is 6.20 Å². The molecular weight excluding hydrogens is 206 g/mol. The molecule has 0 N–H and O–H groups in total. The average Bonchev–Trinajstić information content (AvgIpc) is 2.74. The highest BCUT2D eigenvalue weighted by Crippen LogP contribution is 2.33. The van der Waals surface area contributed by atoms with E-state index in [-0.39, 0.29) is 0 Å². The van der Waals surface area contributed by atoms with Crippen LogP contribution in [0.2, 0.25) is 0 Å². The highest BCUT2D eigenvalue weighted by Gasteiger charge is 2.12. The van der Waals surface area contributed by atoms with Crippen LogP contribution in [0.3, 0.4) is 0 Å².